The van der Waals surface area contributed by atoms with Crippen LogP contribution < -0.4 is 5.32 Å². The molecule has 1 aliphatic rings. The second-order valence-electron chi connectivity index (χ2n) is 3.43. The van der Waals surface area contributed by atoms with E-state index in [1.165, 1.54) is 12.8 Å². The first kappa shape index (κ1) is 9.96. The Morgan fingerprint density at radius 1 is 1.50 bits per heavy atom. The summed E-state index contributed by atoms with van der Waals surface area (Å²) in [6.45, 7) is 4.22. The van der Waals surface area contributed by atoms with E-state index in [1.807, 2.05) is 0 Å². The summed E-state index contributed by atoms with van der Waals surface area (Å²) in [6.07, 6.45) is 4.04. The van der Waals surface area contributed by atoms with E-state index < -0.39 is 0 Å². The minimum Gasteiger partial charge on any atom is -0.396 e. The molecule has 2 N–H and O–H groups in total. The number of aliphatic hydroxyl groups excluding tert-OH is 1. The maximum atomic E-state index is 8.53. The molecule has 1 saturated heterocycles. The molecule has 1 aliphatic heterocycles. The van der Waals surface area contributed by atoms with Gasteiger partial charge in [-0.25, -0.2) is 0 Å². The molecule has 0 amide bonds. The lowest BCUT2D eigenvalue weighted by atomic mass is 10.2. The number of hydrogen-bond acceptors (Lipinski definition) is 3. The predicted octanol–water partition coefficient (Wildman–Crippen LogP) is 0.526. The number of nitrogens with one attached hydrogen (secondary N) is 1. The van der Waals surface area contributed by atoms with Crippen LogP contribution in [0.1, 0.15) is 26.2 Å². The van der Waals surface area contributed by atoms with Gasteiger partial charge in [0, 0.05) is 13.2 Å². The lowest BCUT2D eigenvalue weighted by molar-refractivity contribution is 0.0559. The van der Waals surface area contributed by atoms with Gasteiger partial charge in [0.15, 0.2) is 0 Å². The van der Waals surface area contributed by atoms with Crippen LogP contribution in [0.25, 0.3) is 0 Å². The van der Waals surface area contributed by atoms with Crippen LogP contribution in [-0.2, 0) is 4.74 Å². The Bertz CT molecular complexity index is 119. The molecule has 0 radical (unpaired) electrons. The van der Waals surface area contributed by atoms with Crippen LogP contribution in [0.4, 0.5) is 0 Å². The van der Waals surface area contributed by atoms with E-state index in [-0.39, 0.29) is 6.61 Å². The molecule has 1 heterocycles. The van der Waals surface area contributed by atoms with Crippen molar-refractivity contribution in [3.63, 3.8) is 0 Å². The molecular weight excluding hydrogens is 154 g/mol. The molecular formula is C9H19NO2. The standard InChI is InChI=1S/C9H19NO2/c1-8-3-4-9(12-8)7-10-5-2-6-11/h8-11H,2-7H2,1H3. The quantitative estimate of drug-likeness (QED) is 0.596. The van der Waals surface area contributed by atoms with E-state index >= 15 is 0 Å². The summed E-state index contributed by atoms with van der Waals surface area (Å²) in [5.74, 6) is 0. The predicted molar refractivity (Wildman–Crippen MR) is 48.1 cm³/mol. The van der Waals surface area contributed by atoms with E-state index in [1.54, 1.807) is 0 Å². The van der Waals surface area contributed by atoms with Crippen molar-refractivity contribution >= 4 is 0 Å². The van der Waals surface area contributed by atoms with Gasteiger partial charge in [0.1, 0.15) is 0 Å². The highest BCUT2D eigenvalue weighted by Gasteiger charge is 2.20. The molecule has 2 atom stereocenters. The molecule has 0 spiro atoms. The fourth-order valence-electron chi connectivity index (χ4n) is 1.50. The monoisotopic (exact) mass is 173 g/mol. The highest BCUT2D eigenvalue weighted by atomic mass is 16.5. The van der Waals surface area contributed by atoms with Gasteiger partial charge in [0.2, 0.25) is 0 Å². The van der Waals surface area contributed by atoms with Gasteiger partial charge >= 0.3 is 0 Å². The van der Waals surface area contributed by atoms with Crippen LogP contribution in [-0.4, -0.2) is 37.0 Å². The SMILES string of the molecule is CC1CCC(CNCCCO)O1. The number of rotatable bonds is 5. The molecule has 72 valence electrons. The highest BCUT2D eigenvalue weighted by Crippen LogP contribution is 2.17. The average Bonchev–Trinajstić information content (AvgIpc) is 2.45. The van der Waals surface area contributed by atoms with Crippen molar-refractivity contribution in [2.24, 2.45) is 0 Å². The van der Waals surface area contributed by atoms with Crippen molar-refractivity contribution in [3.05, 3.63) is 0 Å². The average molecular weight is 173 g/mol. The van der Waals surface area contributed by atoms with Crippen LogP contribution in [0.15, 0.2) is 0 Å². The van der Waals surface area contributed by atoms with E-state index in [9.17, 15) is 0 Å². The van der Waals surface area contributed by atoms with Crippen molar-refractivity contribution in [2.75, 3.05) is 19.7 Å². The Labute approximate surface area is 74.1 Å². The molecule has 0 aromatic carbocycles. The summed E-state index contributed by atoms with van der Waals surface area (Å²) in [7, 11) is 0. The van der Waals surface area contributed by atoms with Crippen molar-refractivity contribution in [1.82, 2.24) is 5.32 Å². The summed E-state index contributed by atoms with van der Waals surface area (Å²) in [5.41, 5.74) is 0. The molecule has 3 nitrogen and oxygen atoms in total. The fraction of sp³-hybridized carbons (Fsp3) is 1.00. The van der Waals surface area contributed by atoms with Gasteiger partial charge in [0.25, 0.3) is 0 Å². The normalized spacial score (nSPS) is 29.5. The van der Waals surface area contributed by atoms with E-state index in [4.69, 9.17) is 9.84 Å². The molecule has 0 bridgehead atoms. The molecule has 0 aliphatic carbocycles. The lowest BCUT2D eigenvalue weighted by Crippen LogP contribution is -2.28. The van der Waals surface area contributed by atoms with Crippen LogP contribution in [0.5, 0.6) is 0 Å². The Balaban J connectivity index is 1.93. The van der Waals surface area contributed by atoms with Gasteiger partial charge in [-0.3, -0.25) is 0 Å². The van der Waals surface area contributed by atoms with Crippen LogP contribution in [0.3, 0.4) is 0 Å². The Kier molecular flexibility index (Phi) is 4.58. The summed E-state index contributed by atoms with van der Waals surface area (Å²) < 4.78 is 5.62. The first-order valence-electron chi connectivity index (χ1n) is 4.80. The highest BCUT2D eigenvalue weighted by molar-refractivity contribution is 4.72. The zero-order valence-corrected chi connectivity index (χ0v) is 7.75. The van der Waals surface area contributed by atoms with Gasteiger partial charge in [-0.2, -0.15) is 0 Å². The minimum absolute atomic E-state index is 0.273. The van der Waals surface area contributed by atoms with Crippen molar-refractivity contribution in [2.45, 2.75) is 38.4 Å². The van der Waals surface area contributed by atoms with E-state index in [0.717, 1.165) is 19.5 Å². The molecule has 2 unspecified atom stereocenters. The summed E-state index contributed by atoms with van der Waals surface area (Å²) in [4.78, 5) is 0. The molecule has 3 heteroatoms. The fourth-order valence-corrected chi connectivity index (χ4v) is 1.50. The van der Waals surface area contributed by atoms with Crippen LogP contribution in [0.2, 0.25) is 0 Å². The van der Waals surface area contributed by atoms with Crippen molar-refractivity contribution < 1.29 is 9.84 Å². The zero-order valence-electron chi connectivity index (χ0n) is 7.75. The molecule has 0 aromatic rings. The van der Waals surface area contributed by atoms with Crippen LogP contribution >= 0.6 is 0 Å². The maximum absolute atomic E-state index is 8.53. The molecule has 12 heavy (non-hydrogen) atoms. The molecule has 1 fully saturated rings. The second-order valence-corrected chi connectivity index (χ2v) is 3.43. The topological polar surface area (TPSA) is 41.5 Å². The zero-order chi connectivity index (χ0) is 8.81. The van der Waals surface area contributed by atoms with Gasteiger partial charge < -0.3 is 15.2 Å². The third-order valence-electron chi connectivity index (χ3n) is 2.20. The maximum Gasteiger partial charge on any atom is 0.0704 e. The Hall–Kier alpha value is -0.120. The minimum atomic E-state index is 0.273. The van der Waals surface area contributed by atoms with E-state index in [2.05, 4.69) is 12.2 Å². The third kappa shape index (κ3) is 3.52. The van der Waals surface area contributed by atoms with Gasteiger partial charge in [-0.05, 0) is 32.7 Å². The van der Waals surface area contributed by atoms with Gasteiger partial charge in [-0.1, -0.05) is 0 Å². The Morgan fingerprint density at radius 2 is 2.33 bits per heavy atom. The van der Waals surface area contributed by atoms with Gasteiger partial charge in [0.05, 0.1) is 12.2 Å². The second kappa shape index (κ2) is 5.51. The van der Waals surface area contributed by atoms with E-state index in [0.29, 0.717) is 12.2 Å². The molecule has 1 rings (SSSR count). The Morgan fingerprint density at radius 3 is 2.92 bits per heavy atom. The first-order chi connectivity index (χ1) is 5.83. The summed E-state index contributed by atoms with van der Waals surface area (Å²) in [6, 6.07) is 0. The number of aliphatic hydroxyl groups is 1. The summed E-state index contributed by atoms with van der Waals surface area (Å²) >= 11 is 0. The molecule has 0 saturated carbocycles. The van der Waals surface area contributed by atoms with Gasteiger partial charge in [-0.15, -0.1) is 0 Å². The smallest absolute Gasteiger partial charge is 0.0704 e. The lowest BCUT2D eigenvalue weighted by Gasteiger charge is -2.11. The largest absolute Gasteiger partial charge is 0.396 e. The van der Waals surface area contributed by atoms with Crippen LogP contribution in [0, 0.1) is 0 Å². The summed E-state index contributed by atoms with van der Waals surface area (Å²) in [5, 5.41) is 11.8. The van der Waals surface area contributed by atoms with Crippen molar-refractivity contribution in [3.8, 4) is 0 Å². The number of hydrogen-bond donors (Lipinski definition) is 2. The molecule has 0 aromatic heterocycles. The first-order valence-corrected chi connectivity index (χ1v) is 4.80. The van der Waals surface area contributed by atoms with Crippen molar-refractivity contribution in [1.29, 1.82) is 0 Å². The number of ether oxygens (including phenoxy) is 1. The third-order valence-corrected chi connectivity index (χ3v) is 2.20.